The average Bonchev–Trinajstić information content (AvgIpc) is 3.37. The number of piperidine rings is 1. The molecule has 1 N–H and O–H groups in total. The third kappa shape index (κ3) is 5.85. The molecular formula is C28H30ClFN4O5. The Bertz CT molecular complexity index is 1240. The standard InChI is InChI=1S/C28H30ClFN4O5/c1-32(28(38)39-21-8-6-20(30)7-9-21)24-16-34(15-22(24)17-2-4-19(29)5-3-17)26(36)18-10-12-33(13-11-18)27(37)23-14-25(35)31-23/h2-9,18,22-24H,10-16H2,1H3,(H,31,35)/t22?,23-,24+/m0/s1. The monoisotopic (exact) mass is 556 g/mol. The Hall–Kier alpha value is -3.66. The molecule has 3 atom stereocenters. The number of amides is 4. The Labute approximate surface area is 230 Å². The second-order valence-corrected chi connectivity index (χ2v) is 10.8. The summed E-state index contributed by atoms with van der Waals surface area (Å²) in [4.78, 5) is 55.3. The smallest absolute Gasteiger partial charge is 0.410 e. The van der Waals surface area contributed by atoms with Crippen molar-refractivity contribution >= 4 is 35.4 Å². The molecule has 3 aliphatic rings. The molecule has 0 saturated carbocycles. The summed E-state index contributed by atoms with van der Waals surface area (Å²) in [6, 6.07) is 11.8. The fraction of sp³-hybridized carbons (Fsp3) is 0.429. The van der Waals surface area contributed by atoms with Gasteiger partial charge in [0.2, 0.25) is 17.7 Å². The van der Waals surface area contributed by atoms with Crippen LogP contribution in [0.5, 0.6) is 5.75 Å². The number of hydrogen-bond donors (Lipinski definition) is 1. The van der Waals surface area contributed by atoms with E-state index in [2.05, 4.69) is 5.32 Å². The summed E-state index contributed by atoms with van der Waals surface area (Å²) >= 11 is 6.10. The van der Waals surface area contributed by atoms with Gasteiger partial charge in [-0.25, -0.2) is 9.18 Å². The van der Waals surface area contributed by atoms with Gasteiger partial charge in [0.1, 0.15) is 17.6 Å². The van der Waals surface area contributed by atoms with Crippen LogP contribution in [0, 0.1) is 11.7 Å². The van der Waals surface area contributed by atoms with E-state index in [-0.39, 0.29) is 47.8 Å². The number of rotatable bonds is 5. The van der Waals surface area contributed by atoms with Crippen LogP contribution < -0.4 is 10.1 Å². The van der Waals surface area contributed by atoms with Crippen LogP contribution >= 0.6 is 11.6 Å². The zero-order valence-corrected chi connectivity index (χ0v) is 22.3. The van der Waals surface area contributed by atoms with Gasteiger partial charge < -0.3 is 24.8 Å². The summed E-state index contributed by atoms with van der Waals surface area (Å²) in [5, 5.41) is 3.20. The number of hydrogen-bond acceptors (Lipinski definition) is 5. The third-order valence-corrected chi connectivity index (χ3v) is 8.13. The summed E-state index contributed by atoms with van der Waals surface area (Å²) < 4.78 is 18.7. The van der Waals surface area contributed by atoms with E-state index in [1.807, 2.05) is 12.1 Å². The lowest BCUT2D eigenvalue weighted by molar-refractivity contribution is -0.146. The van der Waals surface area contributed by atoms with Gasteiger partial charge >= 0.3 is 6.09 Å². The summed E-state index contributed by atoms with van der Waals surface area (Å²) in [5.41, 5.74) is 0.948. The summed E-state index contributed by atoms with van der Waals surface area (Å²) in [7, 11) is 1.64. The van der Waals surface area contributed by atoms with E-state index in [9.17, 15) is 23.6 Å². The minimum atomic E-state index is -0.602. The van der Waals surface area contributed by atoms with Crippen molar-refractivity contribution in [2.24, 2.45) is 5.92 Å². The first kappa shape index (κ1) is 26.9. The zero-order chi connectivity index (χ0) is 27.7. The SMILES string of the molecule is CN(C(=O)Oc1ccc(F)cc1)[C@@H]1CN(C(=O)C2CCN(C(=O)[C@@H]3CC(=O)N3)CC2)CC1c1ccc(Cl)cc1. The van der Waals surface area contributed by atoms with E-state index in [4.69, 9.17) is 16.3 Å². The number of nitrogens with zero attached hydrogens (tertiary/aromatic N) is 3. The fourth-order valence-corrected chi connectivity index (χ4v) is 5.67. The maximum atomic E-state index is 13.6. The first-order chi connectivity index (χ1) is 18.7. The first-order valence-corrected chi connectivity index (χ1v) is 13.4. The predicted octanol–water partition coefficient (Wildman–Crippen LogP) is 3.03. The Morgan fingerprint density at radius 3 is 2.23 bits per heavy atom. The molecule has 206 valence electrons. The van der Waals surface area contributed by atoms with Crippen LogP contribution in [0.4, 0.5) is 9.18 Å². The Balaban J connectivity index is 1.26. The Kier molecular flexibility index (Phi) is 7.74. The highest BCUT2D eigenvalue weighted by Gasteiger charge is 2.43. The van der Waals surface area contributed by atoms with Crippen molar-refractivity contribution in [3.8, 4) is 5.75 Å². The van der Waals surface area contributed by atoms with Crippen molar-refractivity contribution in [3.63, 3.8) is 0 Å². The molecule has 0 aliphatic carbocycles. The molecule has 0 spiro atoms. The molecule has 0 radical (unpaired) electrons. The molecule has 2 aromatic carbocycles. The summed E-state index contributed by atoms with van der Waals surface area (Å²) in [6.45, 7) is 1.67. The molecule has 3 aliphatic heterocycles. The molecule has 5 rings (SSSR count). The van der Waals surface area contributed by atoms with Crippen LogP contribution in [-0.4, -0.2) is 83.8 Å². The number of halogens is 2. The van der Waals surface area contributed by atoms with Gasteiger partial charge in [-0.3, -0.25) is 14.4 Å². The molecule has 11 heteroatoms. The van der Waals surface area contributed by atoms with Gasteiger partial charge in [0.25, 0.3) is 0 Å². The molecule has 3 heterocycles. The second kappa shape index (κ2) is 11.2. The molecule has 3 saturated heterocycles. The lowest BCUT2D eigenvalue weighted by atomic mass is 9.93. The van der Waals surface area contributed by atoms with Crippen molar-refractivity contribution in [1.29, 1.82) is 0 Å². The summed E-state index contributed by atoms with van der Waals surface area (Å²) in [6.07, 6.45) is 0.701. The molecular weight excluding hydrogens is 527 g/mol. The highest BCUT2D eigenvalue weighted by molar-refractivity contribution is 6.30. The van der Waals surface area contributed by atoms with E-state index in [0.717, 1.165) is 5.56 Å². The van der Waals surface area contributed by atoms with Crippen molar-refractivity contribution in [2.75, 3.05) is 33.2 Å². The molecule has 39 heavy (non-hydrogen) atoms. The van der Waals surface area contributed by atoms with E-state index in [1.54, 1.807) is 29.0 Å². The van der Waals surface area contributed by atoms with Crippen molar-refractivity contribution in [3.05, 3.63) is 64.9 Å². The van der Waals surface area contributed by atoms with Gasteiger partial charge in [-0.2, -0.15) is 0 Å². The van der Waals surface area contributed by atoms with Crippen molar-refractivity contribution in [1.82, 2.24) is 20.0 Å². The first-order valence-electron chi connectivity index (χ1n) is 13.0. The van der Waals surface area contributed by atoms with Crippen molar-refractivity contribution in [2.45, 2.75) is 37.3 Å². The van der Waals surface area contributed by atoms with E-state index < -0.39 is 18.0 Å². The second-order valence-electron chi connectivity index (χ2n) is 10.3. The highest BCUT2D eigenvalue weighted by Crippen LogP contribution is 2.34. The molecule has 2 aromatic rings. The number of ether oxygens (including phenoxy) is 1. The minimum absolute atomic E-state index is 0.000751. The van der Waals surface area contributed by atoms with Gasteiger partial charge in [0.15, 0.2) is 0 Å². The number of likely N-dealkylation sites (tertiary alicyclic amines) is 2. The molecule has 9 nitrogen and oxygen atoms in total. The normalized spacial score (nSPS) is 23.2. The number of carbonyl (C=O) groups excluding carboxylic acids is 4. The molecule has 4 amide bonds. The zero-order valence-electron chi connectivity index (χ0n) is 21.5. The summed E-state index contributed by atoms with van der Waals surface area (Å²) in [5.74, 6) is -0.812. The van der Waals surface area contributed by atoms with Crippen LogP contribution in [0.1, 0.15) is 30.7 Å². The van der Waals surface area contributed by atoms with Gasteiger partial charge in [0, 0.05) is 50.1 Å². The minimum Gasteiger partial charge on any atom is -0.410 e. The Morgan fingerprint density at radius 1 is 0.974 bits per heavy atom. The number of carbonyl (C=O) groups is 4. The van der Waals surface area contributed by atoms with Crippen molar-refractivity contribution < 1.29 is 28.3 Å². The quantitative estimate of drug-likeness (QED) is 0.571. The number of nitrogens with one attached hydrogen (secondary N) is 1. The van der Waals surface area contributed by atoms with Gasteiger partial charge in [-0.15, -0.1) is 0 Å². The predicted molar refractivity (Wildman–Crippen MR) is 141 cm³/mol. The topological polar surface area (TPSA) is 99.3 Å². The fourth-order valence-electron chi connectivity index (χ4n) is 5.54. The largest absolute Gasteiger partial charge is 0.415 e. The van der Waals surface area contributed by atoms with Gasteiger partial charge in [-0.1, -0.05) is 23.7 Å². The van der Waals surface area contributed by atoms with E-state index in [1.165, 1.54) is 29.2 Å². The lowest BCUT2D eigenvalue weighted by Crippen LogP contribution is -2.59. The van der Waals surface area contributed by atoms with Crippen LogP contribution in [0.15, 0.2) is 48.5 Å². The third-order valence-electron chi connectivity index (χ3n) is 7.88. The van der Waals surface area contributed by atoms with Crippen LogP contribution in [0.25, 0.3) is 0 Å². The van der Waals surface area contributed by atoms with Crippen LogP contribution in [-0.2, 0) is 14.4 Å². The number of β-lactam (4-membered cyclic amide) rings is 1. The van der Waals surface area contributed by atoms with E-state index >= 15 is 0 Å². The Morgan fingerprint density at radius 2 is 1.62 bits per heavy atom. The molecule has 0 aromatic heterocycles. The average molecular weight is 557 g/mol. The van der Waals surface area contributed by atoms with Gasteiger partial charge in [-0.05, 0) is 54.8 Å². The van der Waals surface area contributed by atoms with Gasteiger partial charge in [0.05, 0.1) is 12.5 Å². The lowest BCUT2D eigenvalue weighted by Gasteiger charge is -2.37. The van der Waals surface area contributed by atoms with E-state index in [0.29, 0.717) is 44.0 Å². The molecule has 0 bridgehead atoms. The number of benzene rings is 2. The maximum Gasteiger partial charge on any atom is 0.415 e. The molecule has 3 fully saturated rings. The molecule has 1 unspecified atom stereocenters. The van der Waals surface area contributed by atoms with Crippen LogP contribution in [0.2, 0.25) is 5.02 Å². The van der Waals surface area contributed by atoms with Crippen LogP contribution in [0.3, 0.4) is 0 Å². The number of likely N-dealkylation sites (N-methyl/N-ethyl adjacent to an activating group) is 1. The highest BCUT2D eigenvalue weighted by atomic mass is 35.5. The maximum absolute atomic E-state index is 13.6.